The minimum absolute atomic E-state index is 0.245. The van der Waals surface area contributed by atoms with Gasteiger partial charge in [0.2, 0.25) is 10.0 Å². The lowest BCUT2D eigenvalue weighted by atomic mass is 9.98. The van der Waals surface area contributed by atoms with Crippen LogP contribution in [0.4, 0.5) is 0 Å². The minimum Gasteiger partial charge on any atom is -0.207 e. The van der Waals surface area contributed by atoms with Crippen LogP contribution in [0.1, 0.15) is 28.3 Å². The van der Waals surface area contributed by atoms with Crippen molar-refractivity contribution in [2.45, 2.75) is 24.8 Å². The maximum Gasteiger partial charge on any atom is 0.241 e. The zero-order valence-corrected chi connectivity index (χ0v) is 16.2. The molecule has 1 N–H and O–H groups in total. The Morgan fingerprint density at radius 1 is 0.808 bits per heavy atom. The van der Waals surface area contributed by atoms with Gasteiger partial charge in [-0.25, -0.2) is 8.42 Å². The number of hydrogen-bond acceptors (Lipinski definition) is 2. The molecule has 0 amide bonds. The maximum absolute atomic E-state index is 12.9. The summed E-state index contributed by atoms with van der Waals surface area (Å²) in [6.07, 6.45) is 0. The Balaban J connectivity index is 2.03. The van der Waals surface area contributed by atoms with Crippen LogP contribution in [0.25, 0.3) is 0 Å². The highest BCUT2D eigenvalue weighted by Gasteiger charge is 2.23. The van der Waals surface area contributed by atoms with Crippen molar-refractivity contribution in [1.82, 2.24) is 4.72 Å². The van der Waals surface area contributed by atoms with E-state index < -0.39 is 16.1 Å². The molecule has 5 heteroatoms. The molecule has 1 atom stereocenters. The van der Waals surface area contributed by atoms with E-state index in [4.69, 9.17) is 11.6 Å². The predicted octanol–water partition coefficient (Wildman–Crippen LogP) is 5.02. The molecule has 0 radical (unpaired) electrons. The fraction of sp³-hybridized carbons (Fsp3) is 0.143. The van der Waals surface area contributed by atoms with E-state index in [0.717, 1.165) is 22.3 Å². The minimum atomic E-state index is -3.68. The van der Waals surface area contributed by atoms with Crippen LogP contribution in [0.5, 0.6) is 0 Å². The molecule has 1 unspecified atom stereocenters. The van der Waals surface area contributed by atoms with Gasteiger partial charge in [-0.05, 0) is 49.2 Å². The Morgan fingerprint density at radius 3 is 2.08 bits per heavy atom. The fourth-order valence-corrected chi connectivity index (χ4v) is 4.11. The van der Waals surface area contributed by atoms with Crippen LogP contribution in [-0.4, -0.2) is 8.42 Å². The van der Waals surface area contributed by atoms with E-state index in [9.17, 15) is 8.42 Å². The SMILES string of the molecule is Cc1ccc(S(=O)(=O)NC(c2ccc(Cl)cc2)c2cccc(C)c2)cc1. The van der Waals surface area contributed by atoms with Crippen LogP contribution in [0.3, 0.4) is 0 Å². The molecule has 0 saturated heterocycles. The number of rotatable bonds is 5. The van der Waals surface area contributed by atoms with Crippen LogP contribution in [-0.2, 0) is 10.0 Å². The van der Waals surface area contributed by atoms with E-state index in [1.807, 2.05) is 50.2 Å². The molecule has 26 heavy (non-hydrogen) atoms. The van der Waals surface area contributed by atoms with E-state index in [1.165, 1.54) is 0 Å². The molecule has 3 aromatic rings. The summed E-state index contributed by atoms with van der Waals surface area (Å²) >= 11 is 5.99. The molecular formula is C21H20ClNO2S. The van der Waals surface area contributed by atoms with Gasteiger partial charge in [0.25, 0.3) is 0 Å². The Kier molecular flexibility index (Phi) is 5.47. The van der Waals surface area contributed by atoms with Crippen molar-refractivity contribution in [3.05, 3.63) is 100 Å². The first kappa shape index (κ1) is 18.6. The van der Waals surface area contributed by atoms with Crippen molar-refractivity contribution < 1.29 is 8.42 Å². The molecule has 0 bridgehead atoms. The predicted molar refractivity (Wildman–Crippen MR) is 106 cm³/mol. The van der Waals surface area contributed by atoms with Gasteiger partial charge < -0.3 is 0 Å². The highest BCUT2D eigenvalue weighted by molar-refractivity contribution is 7.89. The third kappa shape index (κ3) is 4.33. The first-order chi connectivity index (χ1) is 12.3. The second kappa shape index (κ2) is 7.62. The monoisotopic (exact) mass is 385 g/mol. The molecular weight excluding hydrogens is 366 g/mol. The summed E-state index contributed by atoms with van der Waals surface area (Å²) in [6.45, 7) is 3.91. The molecule has 3 nitrogen and oxygen atoms in total. The molecule has 0 aliphatic heterocycles. The van der Waals surface area contributed by atoms with Gasteiger partial charge in [-0.3, -0.25) is 0 Å². The topological polar surface area (TPSA) is 46.2 Å². The highest BCUT2D eigenvalue weighted by atomic mass is 35.5. The van der Waals surface area contributed by atoms with Gasteiger partial charge in [0.05, 0.1) is 10.9 Å². The quantitative estimate of drug-likeness (QED) is 0.669. The van der Waals surface area contributed by atoms with Gasteiger partial charge in [0, 0.05) is 5.02 Å². The Labute approximate surface area is 159 Å². The smallest absolute Gasteiger partial charge is 0.207 e. The Bertz CT molecular complexity index is 997. The number of aryl methyl sites for hydroxylation is 2. The van der Waals surface area contributed by atoms with Crippen LogP contribution >= 0.6 is 11.6 Å². The largest absolute Gasteiger partial charge is 0.241 e. The third-order valence-electron chi connectivity index (χ3n) is 4.18. The molecule has 0 aromatic heterocycles. The summed E-state index contributed by atoms with van der Waals surface area (Å²) in [7, 11) is -3.68. The molecule has 0 fully saturated rings. The summed E-state index contributed by atoms with van der Waals surface area (Å²) in [5, 5.41) is 0.609. The average Bonchev–Trinajstić information content (AvgIpc) is 2.61. The summed E-state index contributed by atoms with van der Waals surface area (Å²) in [5.74, 6) is 0. The first-order valence-electron chi connectivity index (χ1n) is 8.26. The molecule has 3 aromatic carbocycles. The zero-order chi connectivity index (χ0) is 18.7. The number of sulfonamides is 1. The summed E-state index contributed by atoms with van der Waals surface area (Å²) in [5.41, 5.74) is 3.78. The molecule has 0 spiro atoms. The van der Waals surface area contributed by atoms with Crippen LogP contribution < -0.4 is 4.72 Å². The molecule has 0 aliphatic rings. The van der Waals surface area contributed by atoms with Gasteiger partial charge in [0.15, 0.2) is 0 Å². The zero-order valence-electron chi connectivity index (χ0n) is 14.6. The van der Waals surface area contributed by atoms with E-state index in [1.54, 1.807) is 36.4 Å². The van der Waals surface area contributed by atoms with E-state index in [2.05, 4.69) is 4.72 Å². The maximum atomic E-state index is 12.9. The standard InChI is InChI=1S/C21H20ClNO2S/c1-15-6-12-20(13-7-15)26(24,25)23-21(17-8-10-19(22)11-9-17)18-5-3-4-16(2)14-18/h3-14,21,23H,1-2H3. The van der Waals surface area contributed by atoms with Crippen molar-refractivity contribution in [2.75, 3.05) is 0 Å². The van der Waals surface area contributed by atoms with Crippen molar-refractivity contribution in [3.8, 4) is 0 Å². The third-order valence-corrected chi connectivity index (χ3v) is 5.87. The lowest BCUT2D eigenvalue weighted by Gasteiger charge is -2.20. The molecule has 0 heterocycles. The lowest BCUT2D eigenvalue weighted by Crippen LogP contribution is -2.29. The summed E-state index contributed by atoms with van der Waals surface area (Å²) in [6, 6.07) is 21.3. The molecule has 0 aliphatic carbocycles. The van der Waals surface area contributed by atoms with Crippen LogP contribution in [0.15, 0.2) is 77.7 Å². The normalized spacial score (nSPS) is 12.7. The van der Waals surface area contributed by atoms with E-state index in [0.29, 0.717) is 5.02 Å². The number of halogens is 1. The van der Waals surface area contributed by atoms with E-state index in [-0.39, 0.29) is 4.90 Å². The van der Waals surface area contributed by atoms with Crippen molar-refractivity contribution in [3.63, 3.8) is 0 Å². The van der Waals surface area contributed by atoms with Crippen LogP contribution in [0.2, 0.25) is 5.02 Å². The van der Waals surface area contributed by atoms with E-state index >= 15 is 0 Å². The number of nitrogens with one attached hydrogen (secondary N) is 1. The number of hydrogen-bond donors (Lipinski definition) is 1. The number of benzene rings is 3. The van der Waals surface area contributed by atoms with Gasteiger partial charge in [-0.2, -0.15) is 4.72 Å². The fourth-order valence-electron chi connectivity index (χ4n) is 2.77. The Hall–Kier alpha value is -2.14. The molecule has 134 valence electrons. The molecule has 3 rings (SSSR count). The second-order valence-electron chi connectivity index (χ2n) is 6.33. The van der Waals surface area contributed by atoms with Crippen molar-refractivity contribution >= 4 is 21.6 Å². The first-order valence-corrected chi connectivity index (χ1v) is 10.1. The second-order valence-corrected chi connectivity index (χ2v) is 8.48. The highest BCUT2D eigenvalue weighted by Crippen LogP contribution is 2.26. The van der Waals surface area contributed by atoms with Crippen molar-refractivity contribution in [2.24, 2.45) is 0 Å². The lowest BCUT2D eigenvalue weighted by molar-refractivity contribution is 0.572. The van der Waals surface area contributed by atoms with Gasteiger partial charge in [-0.1, -0.05) is 71.3 Å². The van der Waals surface area contributed by atoms with Gasteiger partial charge >= 0.3 is 0 Å². The van der Waals surface area contributed by atoms with Gasteiger partial charge in [0.1, 0.15) is 0 Å². The molecule has 0 saturated carbocycles. The van der Waals surface area contributed by atoms with Crippen LogP contribution in [0, 0.1) is 13.8 Å². The average molecular weight is 386 g/mol. The van der Waals surface area contributed by atoms with Gasteiger partial charge in [-0.15, -0.1) is 0 Å². The van der Waals surface area contributed by atoms with Crippen molar-refractivity contribution in [1.29, 1.82) is 0 Å². The summed E-state index contributed by atoms with van der Waals surface area (Å²) < 4.78 is 28.7. The summed E-state index contributed by atoms with van der Waals surface area (Å²) in [4.78, 5) is 0.245. The Morgan fingerprint density at radius 2 is 1.46 bits per heavy atom.